The van der Waals surface area contributed by atoms with Gasteiger partial charge in [-0.25, -0.2) is 9.97 Å². The Labute approximate surface area is 158 Å². The van der Waals surface area contributed by atoms with Gasteiger partial charge in [-0.1, -0.05) is 5.22 Å². The number of anilines is 1. The highest BCUT2D eigenvalue weighted by Crippen LogP contribution is 2.64. The summed E-state index contributed by atoms with van der Waals surface area (Å²) >= 11 is 0. The van der Waals surface area contributed by atoms with E-state index in [1.165, 1.54) is 5.56 Å². The van der Waals surface area contributed by atoms with Crippen LogP contribution in [0, 0.1) is 0 Å². The number of hydrogen-bond donors (Lipinski definition) is 3. The normalized spacial score (nSPS) is 40.6. The van der Waals surface area contributed by atoms with Crippen LogP contribution in [0.4, 0.5) is 5.95 Å². The van der Waals surface area contributed by atoms with E-state index in [0.29, 0.717) is 12.0 Å². The summed E-state index contributed by atoms with van der Waals surface area (Å²) in [7, 11) is 0. The molecule has 5 atom stereocenters. The SMILES string of the molecule is C[C@@]1(O)CCC[C@H]1N1N=NC2C1c1nc(N[C@H]3CCNC3)ncc1C21CC1. The highest BCUT2D eigenvalue weighted by molar-refractivity contribution is 5.48. The van der Waals surface area contributed by atoms with E-state index in [1.807, 2.05) is 13.1 Å². The largest absolute Gasteiger partial charge is 0.388 e. The summed E-state index contributed by atoms with van der Waals surface area (Å²) in [5.41, 5.74) is 1.70. The first-order valence-electron chi connectivity index (χ1n) is 10.3. The molecule has 8 nitrogen and oxygen atoms in total. The van der Waals surface area contributed by atoms with Gasteiger partial charge in [-0.15, -0.1) is 0 Å². The van der Waals surface area contributed by atoms with Crippen LogP contribution < -0.4 is 10.6 Å². The Hall–Kier alpha value is -1.80. The molecular formula is C19H27N7O. The van der Waals surface area contributed by atoms with Gasteiger partial charge in [-0.2, -0.15) is 5.11 Å². The fourth-order valence-electron chi connectivity index (χ4n) is 5.76. The lowest BCUT2D eigenvalue weighted by atomic mass is 9.94. The Morgan fingerprint density at radius 1 is 1.30 bits per heavy atom. The first kappa shape index (κ1) is 16.2. The van der Waals surface area contributed by atoms with Crippen LogP contribution in [0.2, 0.25) is 0 Å². The minimum atomic E-state index is -0.711. The van der Waals surface area contributed by atoms with Gasteiger partial charge < -0.3 is 15.7 Å². The number of nitrogens with zero attached hydrogens (tertiary/aromatic N) is 5. The average Bonchev–Trinajstić information content (AvgIpc) is 2.98. The van der Waals surface area contributed by atoms with Crippen molar-refractivity contribution in [2.24, 2.45) is 10.3 Å². The zero-order chi connectivity index (χ0) is 18.2. The third-order valence-corrected chi connectivity index (χ3v) is 7.44. The van der Waals surface area contributed by atoms with Gasteiger partial charge >= 0.3 is 0 Å². The van der Waals surface area contributed by atoms with Crippen molar-refractivity contribution in [3.05, 3.63) is 17.5 Å². The van der Waals surface area contributed by atoms with Crippen LogP contribution in [0.3, 0.4) is 0 Å². The minimum absolute atomic E-state index is 0.0170. The average molecular weight is 369 g/mol. The molecule has 1 saturated heterocycles. The third kappa shape index (κ3) is 2.23. The van der Waals surface area contributed by atoms with Gasteiger partial charge in [-0.3, -0.25) is 5.01 Å². The second kappa shape index (κ2) is 5.38. The Bertz CT molecular complexity index is 799. The first-order valence-corrected chi connectivity index (χ1v) is 10.3. The van der Waals surface area contributed by atoms with Crippen molar-refractivity contribution in [1.82, 2.24) is 20.3 Å². The zero-order valence-corrected chi connectivity index (χ0v) is 15.7. The van der Waals surface area contributed by atoms with Gasteiger partial charge in [0.15, 0.2) is 0 Å². The van der Waals surface area contributed by atoms with Gasteiger partial charge in [0.1, 0.15) is 12.1 Å². The molecule has 3 N–H and O–H groups in total. The molecule has 0 aromatic carbocycles. The van der Waals surface area contributed by atoms with Gasteiger partial charge in [0.2, 0.25) is 5.95 Å². The van der Waals surface area contributed by atoms with Crippen molar-refractivity contribution < 1.29 is 5.11 Å². The summed E-state index contributed by atoms with van der Waals surface area (Å²) in [5.74, 6) is 0.712. The smallest absolute Gasteiger partial charge is 0.223 e. The van der Waals surface area contributed by atoms with Gasteiger partial charge in [0.25, 0.3) is 0 Å². The summed E-state index contributed by atoms with van der Waals surface area (Å²) in [6.07, 6.45) is 8.21. The van der Waals surface area contributed by atoms with Crippen molar-refractivity contribution in [1.29, 1.82) is 0 Å². The van der Waals surface area contributed by atoms with Gasteiger partial charge in [-0.05, 0) is 52.0 Å². The summed E-state index contributed by atoms with van der Waals surface area (Å²) in [6.45, 7) is 3.94. The monoisotopic (exact) mass is 369 g/mol. The maximum atomic E-state index is 10.9. The summed E-state index contributed by atoms with van der Waals surface area (Å²) in [4.78, 5) is 9.61. The Balaban J connectivity index is 1.36. The molecule has 1 spiro atoms. The molecule has 2 aliphatic heterocycles. The van der Waals surface area contributed by atoms with E-state index in [4.69, 9.17) is 10.1 Å². The molecular weight excluding hydrogens is 342 g/mol. The maximum Gasteiger partial charge on any atom is 0.223 e. The summed E-state index contributed by atoms with van der Waals surface area (Å²) in [6, 6.07) is 0.576. The lowest BCUT2D eigenvalue weighted by molar-refractivity contribution is -0.0252. The quantitative estimate of drug-likeness (QED) is 0.750. The van der Waals surface area contributed by atoms with Crippen LogP contribution in [-0.4, -0.2) is 56.9 Å². The molecule has 0 amide bonds. The van der Waals surface area contributed by atoms with E-state index in [1.54, 1.807) is 0 Å². The number of fused-ring (bicyclic) bond motifs is 5. The van der Waals surface area contributed by atoms with Crippen LogP contribution in [0.25, 0.3) is 0 Å². The van der Waals surface area contributed by atoms with Crippen molar-refractivity contribution in [2.45, 2.75) is 80.6 Å². The number of aromatic nitrogens is 2. The Morgan fingerprint density at radius 3 is 2.89 bits per heavy atom. The highest BCUT2D eigenvalue weighted by atomic mass is 16.3. The molecule has 6 rings (SSSR count). The Kier molecular flexibility index (Phi) is 3.22. The third-order valence-electron chi connectivity index (χ3n) is 7.44. The molecule has 2 unspecified atom stereocenters. The van der Waals surface area contributed by atoms with Crippen molar-refractivity contribution in [2.75, 3.05) is 18.4 Å². The highest BCUT2D eigenvalue weighted by Gasteiger charge is 2.65. The van der Waals surface area contributed by atoms with Crippen molar-refractivity contribution in [3.8, 4) is 0 Å². The van der Waals surface area contributed by atoms with Crippen molar-refractivity contribution >= 4 is 5.95 Å². The molecule has 2 saturated carbocycles. The number of rotatable bonds is 3. The molecule has 27 heavy (non-hydrogen) atoms. The molecule has 0 bridgehead atoms. The van der Waals surface area contributed by atoms with Crippen LogP contribution in [-0.2, 0) is 5.41 Å². The molecule has 144 valence electrons. The van der Waals surface area contributed by atoms with E-state index in [0.717, 1.165) is 57.3 Å². The predicted octanol–water partition coefficient (Wildman–Crippen LogP) is 1.69. The topological polar surface area (TPSA) is 98.0 Å². The lowest BCUT2D eigenvalue weighted by Gasteiger charge is -2.35. The minimum Gasteiger partial charge on any atom is -0.388 e. The fourth-order valence-corrected chi connectivity index (χ4v) is 5.76. The Morgan fingerprint density at radius 2 is 2.19 bits per heavy atom. The van der Waals surface area contributed by atoms with Crippen molar-refractivity contribution in [3.63, 3.8) is 0 Å². The van der Waals surface area contributed by atoms with Crippen LogP contribution in [0.1, 0.15) is 62.7 Å². The number of aliphatic hydroxyl groups is 1. The molecule has 0 radical (unpaired) electrons. The number of nitrogens with one attached hydrogen (secondary N) is 2. The first-order chi connectivity index (χ1) is 13.1. The van der Waals surface area contributed by atoms with Crippen LogP contribution in [0.5, 0.6) is 0 Å². The summed E-state index contributed by atoms with van der Waals surface area (Å²) < 4.78 is 0. The second-order valence-electron chi connectivity index (χ2n) is 9.22. The van der Waals surface area contributed by atoms with Gasteiger partial charge in [0.05, 0.1) is 17.3 Å². The van der Waals surface area contributed by atoms with Gasteiger partial charge in [0, 0.05) is 29.8 Å². The molecule has 3 fully saturated rings. The molecule has 1 aromatic rings. The van der Waals surface area contributed by atoms with E-state index >= 15 is 0 Å². The molecule has 3 aliphatic carbocycles. The maximum absolute atomic E-state index is 10.9. The lowest BCUT2D eigenvalue weighted by Crippen LogP contribution is -2.46. The predicted molar refractivity (Wildman–Crippen MR) is 99.3 cm³/mol. The second-order valence-corrected chi connectivity index (χ2v) is 9.22. The molecule has 1 aromatic heterocycles. The molecule has 8 heteroatoms. The van der Waals surface area contributed by atoms with Crippen LogP contribution in [0.15, 0.2) is 16.5 Å². The summed E-state index contributed by atoms with van der Waals surface area (Å²) in [5, 5.41) is 29.1. The molecule has 5 aliphatic rings. The fraction of sp³-hybridized carbons (Fsp3) is 0.789. The molecule has 3 heterocycles. The van der Waals surface area contributed by atoms with E-state index in [2.05, 4.69) is 25.8 Å². The van der Waals surface area contributed by atoms with E-state index < -0.39 is 5.60 Å². The van der Waals surface area contributed by atoms with Crippen LogP contribution >= 0.6 is 0 Å². The number of hydrogen-bond acceptors (Lipinski definition) is 8. The standard InChI is InChI=1S/C19H27N7O/c1-18(27)5-2-3-13(18)26-15-14-12(19(6-7-19)16(15)24-25-26)10-21-17(23-14)22-11-4-8-20-9-11/h10-11,13,15-16,20,27H,2-9H2,1H3,(H,21,22,23)/t11-,13+,15?,16?,18+/m0/s1. The zero-order valence-electron chi connectivity index (χ0n) is 15.7. The van der Waals surface area contributed by atoms with E-state index in [-0.39, 0.29) is 23.5 Å². The van der Waals surface area contributed by atoms with E-state index in [9.17, 15) is 5.11 Å².